The average molecular weight is 235 g/mol. The maximum absolute atomic E-state index is 4.52. The fraction of sp³-hybridized carbons (Fsp3) is 0.786. The summed E-state index contributed by atoms with van der Waals surface area (Å²) in [4.78, 5) is 0. The largest absolute Gasteiger partial charge is 0.317 e. The summed E-state index contributed by atoms with van der Waals surface area (Å²) in [6.45, 7) is 10.2. The smallest absolute Gasteiger partial charge is 0.0527 e. The third-order valence-corrected chi connectivity index (χ3v) is 4.20. The molecule has 0 spiro atoms. The van der Waals surface area contributed by atoms with Crippen molar-refractivity contribution in [3.05, 3.63) is 18.0 Å². The van der Waals surface area contributed by atoms with Gasteiger partial charge >= 0.3 is 0 Å². The molecule has 3 heteroatoms. The number of nitrogens with zero attached hydrogens (tertiary/aromatic N) is 2. The zero-order valence-electron chi connectivity index (χ0n) is 11.4. The molecule has 2 heterocycles. The summed E-state index contributed by atoms with van der Waals surface area (Å²) in [6, 6.07) is 0. The predicted molar refractivity (Wildman–Crippen MR) is 71.1 cm³/mol. The van der Waals surface area contributed by atoms with Gasteiger partial charge in [0.05, 0.1) is 6.20 Å². The van der Waals surface area contributed by atoms with Crippen LogP contribution in [0.3, 0.4) is 0 Å². The second kappa shape index (κ2) is 5.21. The number of aromatic nitrogens is 2. The normalized spacial score (nSPS) is 18.5. The van der Waals surface area contributed by atoms with E-state index in [9.17, 15) is 0 Å². The minimum absolute atomic E-state index is 0.256. The molecule has 2 rings (SSSR count). The minimum Gasteiger partial charge on any atom is -0.317 e. The van der Waals surface area contributed by atoms with E-state index in [4.69, 9.17) is 0 Å². The van der Waals surface area contributed by atoms with Gasteiger partial charge in [-0.15, -0.1) is 0 Å². The van der Waals surface area contributed by atoms with Gasteiger partial charge in [-0.3, -0.25) is 4.68 Å². The van der Waals surface area contributed by atoms with Crippen LogP contribution in [-0.4, -0.2) is 22.9 Å². The van der Waals surface area contributed by atoms with Gasteiger partial charge in [0.2, 0.25) is 0 Å². The van der Waals surface area contributed by atoms with E-state index in [2.05, 4.69) is 42.1 Å². The Bertz CT molecular complexity index is 348. The first-order chi connectivity index (χ1) is 8.12. The second-order valence-electron chi connectivity index (χ2n) is 5.88. The molecule has 1 saturated heterocycles. The van der Waals surface area contributed by atoms with E-state index < -0.39 is 0 Å². The molecular weight excluding hydrogens is 210 g/mol. The Labute approximate surface area is 105 Å². The summed E-state index contributed by atoms with van der Waals surface area (Å²) >= 11 is 0. The Kier molecular flexibility index (Phi) is 3.87. The monoisotopic (exact) mass is 235 g/mol. The van der Waals surface area contributed by atoms with Gasteiger partial charge in [-0.05, 0) is 49.2 Å². The fourth-order valence-electron chi connectivity index (χ4n) is 2.35. The maximum Gasteiger partial charge on any atom is 0.0527 e. The number of rotatable bonds is 4. The van der Waals surface area contributed by atoms with E-state index in [1.807, 2.05) is 6.20 Å². The van der Waals surface area contributed by atoms with Gasteiger partial charge in [-0.1, -0.05) is 20.8 Å². The summed E-state index contributed by atoms with van der Waals surface area (Å²) in [5, 5.41) is 7.93. The maximum atomic E-state index is 4.52. The van der Waals surface area contributed by atoms with Crippen molar-refractivity contribution in [2.75, 3.05) is 13.1 Å². The van der Waals surface area contributed by atoms with Gasteiger partial charge in [0, 0.05) is 12.7 Å². The lowest BCUT2D eigenvalue weighted by Gasteiger charge is -2.23. The van der Waals surface area contributed by atoms with Crippen molar-refractivity contribution in [2.24, 2.45) is 5.92 Å². The van der Waals surface area contributed by atoms with E-state index in [1.54, 1.807) is 0 Å². The highest BCUT2D eigenvalue weighted by atomic mass is 15.3. The predicted octanol–water partition coefficient (Wildman–Crippen LogP) is 2.57. The molecule has 0 aromatic carbocycles. The topological polar surface area (TPSA) is 29.9 Å². The average Bonchev–Trinajstić information content (AvgIpc) is 2.80. The zero-order chi connectivity index (χ0) is 12.3. The van der Waals surface area contributed by atoms with Crippen LogP contribution in [0.5, 0.6) is 0 Å². The Hall–Kier alpha value is -0.830. The molecule has 0 amide bonds. The molecule has 1 aliphatic rings. The lowest BCUT2D eigenvalue weighted by atomic mass is 9.84. The number of hydrogen-bond acceptors (Lipinski definition) is 2. The molecule has 17 heavy (non-hydrogen) atoms. The Morgan fingerprint density at radius 1 is 1.41 bits per heavy atom. The Morgan fingerprint density at radius 2 is 2.12 bits per heavy atom. The lowest BCUT2D eigenvalue weighted by molar-refractivity contribution is 0.321. The van der Waals surface area contributed by atoms with E-state index in [0.29, 0.717) is 0 Å². The number of hydrogen-bond donors (Lipinski definition) is 1. The molecule has 0 radical (unpaired) electrons. The molecule has 1 aromatic heterocycles. The number of nitrogens with one attached hydrogen (secondary N) is 1. The van der Waals surface area contributed by atoms with Crippen LogP contribution in [0.2, 0.25) is 0 Å². The van der Waals surface area contributed by atoms with E-state index >= 15 is 0 Å². The molecule has 0 saturated carbocycles. The molecule has 1 aliphatic heterocycles. The summed E-state index contributed by atoms with van der Waals surface area (Å²) in [7, 11) is 0. The number of piperidine rings is 1. The van der Waals surface area contributed by atoms with Crippen molar-refractivity contribution in [1.29, 1.82) is 0 Å². The quantitative estimate of drug-likeness (QED) is 0.869. The van der Waals surface area contributed by atoms with Crippen molar-refractivity contribution < 1.29 is 0 Å². The van der Waals surface area contributed by atoms with Gasteiger partial charge in [0.1, 0.15) is 0 Å². The molecule has 0 aliphatic carbocycles. The minimum atomic E-state index is 0.256. The SMILES string of the molecule is CCC(C)(C)c1cnn(CC2CCNCC2)c1. The molecule has 0 atom stereocenters. The van der Waals surface area contributed by atoms with Crippen molar-refractivity contribution in [3.63, 3.8) is 0 Å². The molecular formula is C14H25N3. The van der Waals surface area contributed by atoms with Crippen molar-refractivity contribution in [1.82, 2.24) is 15.1 Å². The van der Waals surface area contributed by atoms with Gasteiger partial charge < -0.3 is 5.32 Å². The zero-order valence-corrected chi connectivity index (χ0v) is 11.4. The molecule has 0 unspecified atom stereocenters. The van der Waals surface area contributed by atoms with E-state index in [0.717, 1.165) is 18.9 Å². The summed E-state index contributed by atoms with van der Waals surface area (Å²) < 4.78 is 2.14. The van der Waals surface area contributed by atoms with Gasteiger partial charge in [0.25, 0.3) is 0 Å². The third kappa shape index (κ3) is 3.09. The van der Waals surface area contributed by atoms with Crippen LogP contribution in [0.1, 0.15) is 45.6 Å². The van der Waals surface area contributed by atoms with Crippen LogP contribution in [-0.2, 0) is 12.0 Å². The highest BCUT2D eigenvalue weighted by molar-refractivity contribution is 5.16. The summed E-state index contributed by atoms with van der Waals surface area (Å²) in [5.74, 6) is 0.800. The molecule has 3 nitrogen and oxygen atoms in total. The van der Waals surface area contributed by atoms with Crippen LogP contribution in [0.15, 0.2) is 12.4 Å². The molecule has 1 fully saturated rings. The molecule has 0 bridgehead atoms. The molecule has 1 aromatic rings. The lowest BCUT2D eigenvalue weighted by Crippen LogP contribution is -2.30. The highest BCUT2D eigenvalue weighted by Crippen LogP contribution is 2.26. The second-order valence-corrected chi connectivity index (χ2v) is 5.88. The standard InChI is InChI=1S/C14H25N3/c1-4-14(2,3)13-9-16-17(11-13)10-12-5-7-15-8-6-12/h9,11-12,15H,4-8,10H2,1-3H3. The summed E-state index contributed by atoms with van der Waals surface area (Å²) in [6.07, 6.45) is 8.01. The van der Waals surface area contributed by atoms with Gasteiger partial charge in [0.15, 0.2) is 0 Å². The Morgan fingerprint density at radius 3 is 2.76 bits per heavy atom. The van der Waals surface area contributed by atoms with Gasteiger partial charge in [-0.25, -0.2) is 0 Å². The van der Waals surface area contributed by atoms with Crippen LogP contribution < -0.4 is 5.32 Å². The summed E-state index contributed by atoms with van der Waals surface area (Å²) in [5.41, 5.74) is 1.63. The van der Waals surface area contributed by atoms with Crippen LogP contribution in [0, 0.1) is 5.92 Å². The molecule has 1 N–H and O–H groups in total. The van der Waals surface area contributed by atoms with Crippen molar-refractivity contribution in [2.45, 2.75) is 52.0 Å². The first-order valence-corrected chi connectivity index (χ1v) is 6.85. The van der Waals surface area contributed by atoms with Crippen molar-refractivity contribution >= 4 is 0 Å². The first-order valence-electron chi connectivity index (χ1n) is 6.85. The van der Waals surface area contributed by atoms with E-state index in [-0.39, 0.29) is 5.41 Å². The van der Waals surface area contributed by atoms with Crippen molar-refractivity contribution in [3.8, 4) is 0 Å². The highest BCUT2D eigenvalue weighted by Gasteiger charge is 2.20. The van der Waals surface area contributed by atoms with Gasteiger partial charge in [-0.2, -0.15) is 5.10 Å². The fourth-order valence-corrected chi connectivity index (χ4v) is 2.35. The van der Waals surface area contributed by atoms with Crippen LogP contribution in [0.4, 0.5) is 0 Å². The van der Waals surface area contributed by atoms with Crippen LogP contribution >= 0.6 is 0 Å². The molecule has 96 valence electrons. The first kappa shape index (κ1) is 12.6. The van der Waals surface area contributed by atoms with E-state index in [1.165, 1.54) is 31.5 Å². The third-order valence-electron chi connectivity index (χ3n) is 4.20. The Balaban J connectivity index is 1.98. The van der Waals surface area contributed by atoms with Crippen LogP contribution in [0.25, 0.3) is 0 Å².